The molecule has 1 unspecified atom stereocenters. The second-order valence-electron chi connectivity index (χ2n) is 5.04. The van der Waals surface area contributed by atoms with E-state index in [0.717, 1.165) is 18.6 Å². The average molecular weight is 216 g/mol. The van der Waals surface area contributed by atoms with E-state index in [1.165, 1.54) is 24.0 Å². The van der Waals surface area contributed by atoms with Crippen LogP contribution in [0.4, 0.5) is 0 Å². The van der Waals surface area contributed by atoms with Crippen molar-refractivity contribution in [3.05, 3.63) is 29.3 Å². The van der Waals surface area contributed by atoms with Gasteiger partial charge in [0.25, 0.3) is 0 Å². The molecule has 0 spiro atoms. The highest BCUT2D eigenvalue weighted by molar-refractivity contribution is 5.85. The molecule has 1 aromatic carbocycles. The van der Waals surface area contributed by atoms with Crippen molar-refractivity contribution in [2.45, 2.75) is 38.7 Å². The van der Waals surface area contributed by atoms with Crippen LogP contribution in [0.2, 0.25) is 0 Å². The van der Waals surface area contributed by atoms with Gasteiger partial charge in [-0.25, -0.2) is 0 Å². The number of fused-ring (bicyclic) bond motifs is 1. The molecule has 1 saturated carbocycles. The standard InChI is InChI=1S/C14H16O2/c1-9-2-5-13-11(6-9)8-14(16-13)12(15)7-10-3-4-10/h2,5-6,10,14H,3-4,7-8H2,1H3. The van der Waals surface area contributed by atoms with E-state index < -0.39 is 0 Å². The largest absolute Gasteiger partial charge is 0.482 e. The molecule has 0 bridgehead atoms. The molecule has 1 aliphatic carbocycles. The highest BCUT2D eigenvalue weighted by Gasteiger charge is 2.33. The van der Waals surface area contributed by atoms with Gasteiger partial charge in [-0.05, 0) is 37.3 Å². The molecule has 1 fully saturated rings. The first kappa shape index (κ1) is 9.88. The van der Waals surface area contributed by atoms with Gasteiger partial charge in [-0.3, -0.25) is 4.79 Å². The van der Waals surface area contributed by atoms with E-state index in [-0.39, 0.29) is 11.9 Å². The van der Waals surface area contributed by atoms with Crippen LogP contribution in [-0.4, -0.2) is 11.9 Å². The van der Waals surface area contributed by atoms with Crippen molar-refractivity contribution in [1.82, 2.24) is 0 Å². The molecule has 16 heavy (non-hydrogen) atoms. The van der Waals surface area contributed by atoms with Crippen LogP contribution in [0, 0.1) is 12.8 Å². The minimum absolute atomic E-state index is 0.211. The number of carbonyl (C=O) groups excluding carboxylic acids is 1. The van der Waals surface area contributed by atoms with Crippen molar-refractivity contribution < 1.29 is 9.53 Å². The lowest BCUT2D eigenvalue weighted by atomic mass is 10.0. The zero-order valence-electron chi connectivity index (χ0n) is 9.53. The monoisotopic (exact) mass is 216 g/mol. The highest BCUT2D eigenvalue weighted by Crippen LogP contribution is 2.35. The van der Waals surface area contributed by atoms with Crippen molar-refractivity contribution in [3.63, 3.8) is 0 Å². The van der Waals surface area contributed by atoms with E-state index >= 15 is 0 Å². The Bertz CT molecular complexity index is 432. The first-order valence-electron chi connectivity index (χ1n) is 6.01. The summed E-state index contributed by atoms with van der Waals surface area (Å²) in [5, 5.41) is 0. The molecule has 2 heteroatoms. The molecule has 0 aromatic heterocycles. The third kappa shape index (κ3) is 1.84. The number of carbonyl (C=O) groups is 1. The Labute approximate surface area is 95.6 Å². The number of aryl methyl sites for hydroxylation is 1. The highest BCUT2D eigenvalue weighted by atomic mass is 16.5. The van der Waals surface area contributed by atoms with Crippen molar-refractivity contribution in [1.29, 1.82) is 0 Å². The number of hydrogen-bond donors (Lipinski definition) is 0. The zero-order chi connectivity index (χ0) is 11.1. The van der Waals surface area contributed by atoms with Crippen LogP contribution in [0.3, 0.4) is 0 Å². The molecule has 84 valence electrons. The lowest BCUT2D eigenvalue weighted by Gasteiger charge is -2.08. The summed E-state index contributed by atoms with van der Waals surface area (Å²) in [6, 6.07) is 6.14. The van der Waals surface area contributed by atoms with E-state index in [4.69, 9.17) is 4.74 Å². The Hall–Kier alpha value is -1.31. The summed E-state index contributed by atoms with van der Waals surface area (Å²) < 4.78 is 5.70. The van der Waals surface area contributed by atoms with Crippen LogP contribution < -0.4 is 4.74 Å². The van der Waals surface area contributed by atoms with Gasteiger partial charge >= 0.3 is 0 Å². The van der Waals surface area contributed by atoms with Crippen LogP contribution in [0.1, 0.15) is 30.4 Å². The van der Waals surface area contributed by atoms with Gasteiger partial charge in [0.15, 0.2) is 11.9 Å². The van der Waals surface area contributed by atoms with E-state index in [0.29, 0.717) is 5.92 Å². The number of Topliss-reactive ketones (excluding diaryl/α,β-unsaturated/α-hetero) is 1. The molecule has 0 radical (unpaired) electrons. The fraction of sp³-hybridized carbons (Fsp3) is 0.500. The fourth-order valence-corrected chi connectivity index (χ4v) is 2.29. The molecule has 0 saturated heterocycles. The van der Waals surface area contributed by atoms with Gasteiger partial charge < -0.3 is 4.74 Å². The van der Waals surface area contributed by atoms with Gasteiger partial charge in [-0.15, -0.1) is 0 Å². The van der Waals surface area contributed by atoms with Crippen LogP contribution in [0.5, 0.6) is 5.75 Å². The van der Waals surface area contributed by atoms with Crippen molar-refractivity contribution in [2.75, 3.05) is 0 Å². The third-order valence-electron chi connectivity index (χ3n) is 3.44. The summed E-state index contributed by atoms with van der Waals surface area (Å²) in [6.07, 6.45) is 3.73. The van der Waals surface area contributed by atoms with Gasteiger partial charge in [0.1, 0.15) is 5.75 Å². The van der Waals surface area contributed by atoms with Crippen LogP contribution in [0.15, 0.2) is 18.2 Å². The number of rotatable bonds is 3. The van der Waals surface area contributed by atoms with Crippen LogP contribution in [0.25, 0.3) is 0 Å². The first-order chi connectivity index (χ1) is 7.72. The van der Waals surface area contributed by atoms with Crippen LogP contribution in [-0.2, 0) is 11.2 Å². The number of ketones is 1. The topological polar surface area (TPSA) is 26.3 Å². The summed E-state index contributed by atoms with van der Waals surface area (Å²) in [6.45, 7) is 2.07. The van der Waals surface area contributed by atoms with E-state index in [1.54, 1.807) is 0 Å². The molecule has 3 rings (SSSR count). The number of hydrogen-bond acceptors (Lipinski definition) is 2. The predicted octanol–water partition coefficient (Wildman–Crippen LogP) is 2.67. The summed E-state index contributed by atoms with van der Waals surface area (Å²) in [4.78, 5) is 11.9. The van der Waals surface area contributed by atoms with Gasteiger partial charge in [0, 0.05) is 12.8 Å². The molecular weight excluding hydrogens is 200 g/mol. The Morgan fingerprint density at radius 2 is 2.25 bits per heavy atom. The zero-order valence-corrected chi connectivity index (χ0v) is 9.53. The Morgan fingerprint density at radius 3 is 3.00 bits per heavy atom. The molecule has 0 N–H and O–H groups in total. The maximum Gasteiger partial charge on any atom is 0.173 e. The van der Waals surface area contributed by atoms with Crippen molar-refractivity contribution >= 4 is 5.78 Å². The SMILES string of the molecule is Cc1ccc2c(c1)CC(C(=O)CC1CC1)O2. The minimum atomic E-state index is -0.211. The predicted molar refractivity (Wildman–Crippen MR) is 61.6 cm³/mol. The Balaban J connectivity index is 1.71. The maximum absolute atomic E-state index is 11.9. The first-order valence-corrected chi connectivity index (χ1v) is 6.01. The lowest BCUT2D eigenvalue weighted by molar-refractivity contribution is -0.125. The van der Waals surface area contributed by atoms with E-state index in [9.17, 15) is 4.79 Å². The molecule has 1 atom stereocenters. The van der Waals surface area contributed by atoms with Crippen LogP contribution >= 0.6 is 0 Å². The van der Waals surface area contributed by atoms with Crippen molar-refractivity contribution in [2.24, 2.45) is 5.92 Å². The maximum atomic E-state index is 11.9. The molecule has 0 amide bonds. The fourth-order valence-electron chi connectivity index (χ4n) is 2.29. The number of ether oxygens (including phenoxy) is 1. The van der Waals surface area contributed by atoms with Gasteiger partial charge in [0.2, 0.25) is 0 Å². The van der Waals surface area contributed by atoms with Crippen molar-refractivity contribution in [3.8, 4) is 5.75 Å². The normalized spacial score (nSPS) is 22.7. The summed E-state index contributed by atoms with van der Waals surface area (Å²) in [5.41, 5.74) is 2.42. The Morgan fingerprint density at radius 1 is 1.44 bits per heavy atom. The second-order valence-corrected chi connectivity index (χ2v) is 5.04. The van der Waals surface area contributed by atoms with Gasteiger partial charge in [0.05, 0.1) is 0 Å². The number of benzene rings is 1. The third-order valence-corrected chi connectivity index (χ3v) is 3.44. The molecule has 2 nitrogen and oxygen atoms in total. The Kier molecular flexibility index (Phi) is 2.23. The summed E-state index contributed by atoms with van der Waals surface area (Å²) in [7, 11) is 0. The molecule has 1 aromatic rings. The van der Waals surface area contributed by atoms with Gasteiger partial charge in [-0.1, -0.05) is 17.7 Å². The molecule has 1 aliphatic heterocycles. The van der Waals surface area contributed by atoms with E-state index in [2.05, 4.69) is 13.0 Å². The molecular formula is C14H16O2. The molecule has 1 heterocycles. The second kappa shape index (κ2) is 3.62. The smallest absolute Gasteiger partial charge is 0.173 e. The average Bonchev–Trinajstić information content (AvgIpc) is 2.95. The molecule has 2 aliphatic rings. The van der Waals surface area contributed by atoms with E-state index in [1.807, 2.05) is 12.1 Å². The summed E-state index contributed by atoms with van der Waals surface area (Å²) in [5.74, 6) is 1.85. The quantitative estimate of drug-likeness (QED) is 0.776. The van der Waals surface area contributed by atoms with Gasteiger partial charge in [-0.2, -0.15) is 0 Å². The lowest BCUT2D eigenvalue weighted by Crippen LogP contribution is -2.25. The summed E-state index contributed by atoms with van der Waals surface area (Å²) >= 11 is 0. The minimum Gasteiger partial charge on any atom is -0.482 e.